The van der Waals surface area contributed by atoms with Crippen molar-refractivity contribution in [2.45, 2.75) is 13.5 Å². The highest BCUT2D eigenvalue weighted by atomic mass is 79.9. The summed E-state index contributed by atoms with van der Waals surface area (Å²) in [5.41, 5.74) is 4.20. The highest BCUT2D eigenvalue weighted by molar-refractivity contribution is 8.93. The minimum atomic E-state index is 0. The second-order valence-electron chi connectivity index (χ2n) is 5.41. The normalized spacial score (nSPS) is 11.2. The van der Waals surface area contributed by atoms with E-state index in [0.717, 1.165) is 33.1 Å². The fourth-order valence-electron chi connectivity index (χ4n) is 2.52. The van der Waals surface area contributed by atoms with E-state index in [1.807, 2.05) is 55.5 Å². The Balaban J connectivity index is 0.00000225. The van der Waals surface area contributed by atoms with Gasteiger partial charge in [-0.25, -0.2) is 4.99 Å². The number of aliphatic hydroxyl groups excluding tert-OH is 1. The van der Waals surface area contributed by atoms with Gasteiger partial charge in [-0.3, -0.25) is 0 Å². The zero-order chi connectivity index (χ0) is 16.9. The van der Waals surface area contributed by atoms with Crippen molar-refractivity contribution in [3.05, 3.63) is 64.3 Å². The van der Waals surface area contributed by atoms with E-state index in [4.69, 9.17) is 9.73 Å². The molecule has 0 fully saturated rings. The second-order valence-corrected chi connectivity index (χ2v) is 6.24. The number of ether oxygens (including phenoxy) is 1. The molecule has 0 saturated carbocycles. The van der Waals surface area contributed by atoms with Crippen LogP contribution in [0.15, 0.2) is 58.9 Å². The van der Waals surface area contributed by atoms with Gasteiger partial charge in [0.1, 0.15) is 5.75 Å². The Hall–Kier alpha value is -1.89. The second kappa shape index (κ2) is 8.99. The van der Waals surface area contributed by atoms with Crippen molar-refractivity contribution in [2.24, 2.45) is 4.99 Å². The Bertz CT molecular complexity index is 885. The molecule has 132 valence electrons. The zero-order valence-corrected chi connectivity index (χ0v) is 16.7. The van der Waals surface area contributed by atoms with E-state index in [2.05, 4.69) is 9.95 Å². The molecule has 4 nitrogen and oxygen atoms in total. The third-order valence-corrected chi connectivity index (χ3v) is 4.70. The fourth-order valence-corrected chi connectivity index (χ4v) is 3.47. The number of nitrogens with zero attached hydrogens (tertiary/aromatic N) is 2. The average molecular weight is 421 g/mol. The van der Waals surface area contributed by atoms with E-state index in [1.54, 1.807) is 18.4 Å². The van der Waals surface area contributed by atoms with Crippen molar-refractivity contribution in [2.75, 3.05) is 13.7 Å². The van der Waals surface area contributed by atoms with Crippen LogP contribution >= 0.6 is 28.3 Å². The van der Waals surface area contributed by atoms with Gasteiger partial charge in [-0.15, -0.1) is 28.3 Å². The van der Waals surface area contributed by atoms with Crippen LogP contribution in [-0.2, 0) is 6.54 Å². The molecule has 0 aliphatic heterocycles. The van der Waals surface area contributed by atoms with Gasteiger partial charge in [0.25, 0.3) is 0 Å². The lowest BCUT2D eigenvalue weighted by molar-refractivity contribution is 0.275. The van der Waals surface area contributed by atoms with E-state index in [0.29, 0.717) is 6.54 Å². The summed E-state index contributed by atoms with van der Waals surface area (Å²) in [6.07, 6.45) is 0. The maximum atomic E-state index is 9.46. The molecule has 0 amide bonds. The first kappa shape index (κ1) is 19.4. The highest BCUT2D eigenvalue weighted by Gasteiger charge is 2.08. The van der Waals surface area contributed by atoms with Gasteiger partial charge in [0.2, 0.25) is 0 Å². The van der Waals surface area contributed by atoms with Gasteiger partial charge < -0.3 is 14.4 Å². The molecule has 6 heteroatoms. The molecular weight excluding hydrogens is 400 g/mol. The van der Waals surface area contributed by atoms with E-state index < -0.39 is 0 Å². The largest absolute Gasteiger partial charge is 0.497 e. The number of para-hydroxylation sites is 1. The smallest absolute Gasteiger partial charge is 0.190 e. The van der Waals surface area contributed by atoms with Crippen LogP contribution in [0.3, 0.4) is 0 Å². The molecule has 0 aliphatic rings. The first-order valence-corrected chi connectivity index (χ1v) is 8.65. The summed E-state index contributed by atoms with van der Waals surface area (Å²) < 4.78 is 7.27. The number of hydrogen-bond donors (Lipinski definition) is 1. The molecule has 0 bridgehead atoms. The molecule has 25 heavy (non-hydrogen) atoms. The molecule has 1 heterocycles. The molecular formula is C19H21BrN2O2S. The van der Waals surface area contributed by atoms with Gasteiger partial charge in [-0.05, 0) is 48.4 Å². The number of rotatable bonds is 5. The van der Waals surface area contributed by atoms with Crippen LogP contribution in [0.5, 0.6) is 5.75 Å². The number of hydrogen-bond acceptors (Lipinski definition) is 4. The van der Waals surface area contributed by atoms with Gasteiger partial charge in [0.05, 0.1) is 25.1 Å². The van der Waals surface area contributed by atoms with Gasteiger partial charge >= 0.3 is 0 Å². The summed E-state index contributed by atoms with van der Waals surface area (Å²) in [6.45, 7) is 2.63. The van der Waals surface area contributed by atoms with Crippen LogP contribution in [-0.4, -0.2) is 23.4 Å². The number of aryl methyl sites for hydroxylation is 1. The highest BCUT2D eigenvalue weighted by Crippen LogP contribution is 2.24. The molecule has 0 aliphatic carbocycles. The number of thiazole rings is 1. The van der Waals surface area contributed by atoms with Gasteiger partial charge in [0.15, 0.2) is 4.80 Å². The van der Waals surface area contributed by atoms with Crippen molar-refractivity contribution < 1.29 is 9.84 Å². The molecule has 0 radical (unpaired) electrons. The molecule has 3 rings (SSSR count). The SMILES string of the molecule is Br.COc1ccc(-c2csc(=Nc3ccccc3C)n2CCO)cc1. The van der Waals surface area contributed by atoms with E-state index >= 15 is 0 Å². The maximum Gasteiger partial charge on any atom is 0.190 e. The minimum Gasteiger partial charge on any atom is -0.497 e. The van der Waals surface area contributed by atoms with Crippen molar-refractivity contribution in [3.8, 4) is 17.0 Å². The first-order valence-electron chi connectivity index (χ1n) is 7.77. The lowest BCUT2D eigenvalue weighted by Gasteiger charge is -2.08. The predicted octanol–water partition coefficient (Wildman–Crippen LogP) is 4.34. The van der Waals surface area contributed by atoms with Crippen LogP contribution in [0.2, 0.25) is 0 Å². The lowest BCUT2D eigenvalue weighted by atomic mass is 10.1. The molecule has 2 aromatic carbocycles. The fraction of sp³-hybridized carbons (Fsp3) is 0.211. The van der Waals surface area contributed by atoms with Crippen LogP contribution in [0.25, 0.3) is 11.3 Å². The minimum absolute atomic E-state index is 0. The lowest BCUT2D eigenvalue weighted by Crippen LogP contribution is -2.17. The number of aliphatic hydroxyl groups is 1. The van der Waals surface area contributed by atoms with Gasteiger partial charge in [-0.2, -0.15) is 0 Å². The van der Waals surface area contributed by atoms with E-state index in [1.165, 1.54) is 0 Å². The summed E-state index contributed by atoms with van der Waals surface area (Å²) >= 11 is 1.58. The summed E-state index contributed by atoms with van der Waals surface area (Å²) in [5, 5.41) is 11.5. The molecule has 3 aromatic rings. The van der Waals surface area contributed by atoms with Gasteiger partial charge in [0, 0.05) is 11.9 Å². The number of methoxy groups -OCH3 is 1. The molecule has 0 unspecified atom stereocenters. The molecule has 0 atom stereocenters. The van der Waals surface area contributed by atoms with Crippen LogP contribution in [0.1, 0.15) is 5.56 Å². The molecule has 0 spiro atoms. The average Bonchev–Trinajstić information content (AvgIpc) is 3.00. The Morgan fingerprint density at radius 2 is 1.84 bits per heavy atom. The predicted molar refractivity (Wildman–Crippen MR) is 108 cm³/mol. The van der Waals surface area contributed by atoms with E-state index in [9.17, 15) is 5.11 Å². The number of benzene rings is 2. The summed E-state index contributed by atoms with van der Waals surface area (Å²) in [5.74, 6) is 0.826. The van der Waals surface area contributed by atoms with Crippen LogP contribution in [0.4, 0.5) is 5.69 Å². The monoisotopic (exact) mass is 420 g/mol. The summed E-state index contributed by atoms with van der Waals surface area (Å²) in [6, 6.07) is 16.0. The van der Waals surface area contributed by atoms with Gasteiger partial charge in [-0.1, -0.05) is 18.2 Å². The Morgan fingerprint density at radius 1 is 1.12 bits per heavy atom. The summed E-state index contributed by atoms with van der Waals surface area (Å²) in [7, 11) is 1.66. The third-order valence-electron chi connectivity index (χ3n) is 3.84. The van der Waals surface area contributed by atoms with Crippen LogP contribution in [0, 0.1) is 6.92 Å². The summed E-state index contributed by atoms with van der Waals surface area (Å²) in [4.78, 5) is 5.66. The Morgan fingerprint density at radius 3 is 2.48 bits per heavy atom. The van der Waals surface area contributed by atoms with Crippen LogP contribution < -0.4 is 9.54 Å². The Kier molecular flexibility index (Phi) is 6.99. The quantitative estimate of drug-likeness (QED) is 0.667. The molecule has 1 N–H and O–H groups in total. The molecule has 0 saturated heterocycles. The maximum absolute atomic E-state index is 9.46. The molecule has 1 aromatic heterocycles. The van der Waals surface area contributed by atoms with E-state index in [-0.39, 0.29) is 23.6 Å². The van der Waals surface area contributed by atoms with Crippen molar-refractivity contribution in [1.29, 1.82) is 0 Å². The number of aromatic nitrogens is 1. The first-order chi connectivity index (χ1) is 11.7. The van der Waals surface area contributed by atoms with Crippen molar-refractivity contribution in [1.82, 2.24) is 4.57 Å². The topological polar surface area (TPSA) is 46.8 Å². The van der Waals surface area contributed by atoms with Crippen molar-refractivity contribution >= 4 is 34.0 Å². The standard InChI is InChI=1S/C19H20N2O2S.BrH/c1-14-5-3-4-6-17(14)20-19-21(11-12-22)18(13-24-19)15-7-9-16(23-2)10-8-15;/h3-10,13,22H,11-12H2,1-2H3;1H. The zero-order valence-electron chi connectivity index (χ0n) is 14.2. The van der Waals surface area contributed by atoms with Crippen molar-refractivity contribution in [3.63, 3.8) is 0 Å². The Labute approximate surface area is 161 Å². The third kappa shape index (κ3) is 4.39. The number of halogens is 1.